The number of carbonyl (C=O) groups is 1. The highest BCUT2D eigenvalue weighted by molar-refractivity contribution is 6.01. The minimum Gasteiger partial charge on any atom is -0.492 e. The van der Waals surface area contributed by atoms with E-state index in [2.05, 4.69) is 10.3 Å². The normalized spacial score (nSPS) is 12.1. The molecule has 130 valence electrons. The Kier molecular flexibility index (Phi) is 6.81. The Morgan fingerprint density at radius 1 is 1.42 bits per heavy atom. The fraction of sp³-hybridized carbons (Fsp3) is 0.444. The number of Topliss-reactive ketones (excluding diaryl/α,β-unsaturated/α-hetero) is 1. The van der Waals surface area contributed by atoms with Gasteiger partial charge in [0, 0.05) is 24.5 Å². The summed E-state index contributed by atoms with van der Waals surface area (Å²) < 4.78 is 7.44. The minimum absolute atomic E-state index is 0.0647. The third kappa shape index (κ3) is 4.83. The zero-order valence-corrected chi connectivity index (χ0v) is 14.4. The van der Waals surface area contributed by atoms with Crippen LogP contribution < -0.4 is 15.8 Å². The number of ketones is 1. The topological polar surface area (TPSA) is 82.2 Å². The standard InChI is InChI=1S/C18H26N4O2/c1-3-16(21-8-5-10-22-11-9-20-13-22)18(23)14-6-7-17(24-4-2)15(19)12-14/h6-7,9,11-13,16,21H,3-5,8,10,19H2,1-2H3. The number of imidazole rings is 1. The summed E-state index contributed by atoms with van der Waals surface area (Å²) in [5.74, 6) is 0.685. The SMILES string of the molecule is CCOc1ccc(C(=O)C(CC)NCCCn2ccnc2)cc1N. The summed E-state index contributed by atoms with van der Waals surface area (Å²) in [5, 5.41) is 3.33. The molecule has 0 aliphatic heterocycles. The predicted octanol–water partition coefficient (Wildman–Crippen LogP) is 2.51. The molecule has 0 aliphatic carbocycles. The molecule has 0 saturated heterocycles. The lowest BCUT2D eigenvalue weighted by Gasteiger charge is -2.17. The van der Waals surface area contributed by atoms with E-state index < -0.39 is 0 Å². The van der Waals surface area contributed by atoms with Gasteiger partial charge >= 0.3 is 0 Å². The first-order valence-corrected chi connectivity index (χ1v) is 8.41. The van der Waals surface area contributed by atoms with E-state index in [0.29, 0.717) is 23.6 Å². The van der Waals surface area contributed by atoms with Gasteiger partial charge in [-0.3, -0.25) is 4.79 Å². The molecule has 6 heteroatoms. The number of rotatable bonds is 10. The highest BCUT2D eigenvalue weighted by Gasteiger charge is 2.18. The Bertz CT molecular complexity index is 640. The van der Waals surface area contributed by atoms with Crippen LogP contribution in [0.15, 0.2) is 36.9 Å². The number of benzene rings is 1. The van der Waals surface area contributed by atoms with Crippen LogP contribution in [0, 0.1) is 0 Å². The number of nitrogen functional groups attached to an aromatic ring is 1. The molecule has 0 fully saturated rings. The van der Waals surface area contributed by atoms with Crippen LogP contribution in [0.3, 0.4) is 0 Å². The molecule has 0 radical (unpaired) electrons. The Hall–Kier alpha value is -2.34. The zero-order chi connectivity index (χ0) is 17.4. The second-order valence-corrected chi connectivity index (χ2v) is 5.62. The maximum atomic E-state index is 12.6. The second-order valence-electron chi connectivity index (χ2n) is 5.62. The van der Waals surface area contributed by atoms with Crippen molar-refractivity contribution in [3.05, 3.63) is 42.5 Å². The molecule has 0 saturated carbocycles. The van der Waals surface area contributed by atoms with Crippen molar-refractivity contribution < 1.29 is 9.53 Å². The molecule has 2 rings (SSSR count). The van der Waals surface area contributed by atoms with Gasteiger partial charge < -0.3 is 20.4 Å². The highest BCUT2D eigenvalue weighted by Crippen LogP contribution is 2.23. The summed E-state index contributed by atoms with van der Waals surface area (Å²) in [7, 11) is 0. The summed E-state index contributed by atoms with van der Waals surface area (Å²) in [6.45, 7) is 6.11. The van der Waals surface area contributed by atoms with Crippen molar-refractivity contribution in [2.75, 3.05) is 18.9 Å². The van der Waals surface area contributed by atoms with E-state index in [9.17, 15) is 4.79 Å². The number of hydrogen-bond donors (Lipinski definition) is 2. The molecule has 1 aromatic heterocycles. The van der Waals surface area contributed by atoms with E-state index in [4.69, 9.17) is 10.5 Å². The number of aromatic nitrogens is 2. The van der Waals surface area contributed by atoms with Crippen molar-refractivity contribution in [3.8, 4) is 5.75 Å². The van der Waals surface area contributed by atoms with Crippen LogP contribution in [-0.2, 0) is 6.54 Å². The van der Waals surface area contributed by atoms with Crippen molar-refractivity contribution in [1.82, 2.24) is 14.9 Å². The number of anilines is 1. The Morgan fingerprint density at radius 3 is 2.88 bits per heavy atom. The fourth-order valence-electron chi connectivity index (χ4n) is 2.57. The Labute approximate surface area is 143 Å². The van der Waals surface area contributed by atoms with Gasteiger partial charge in [0.05, 0.1) is 24.7 Å². The monoisotopic (exact) mass is 330 g/mol. The summed E-state index contributed by atoms with van der Waals surface area (Å²) in [6, 6.07) is 5.03. The molecular weight excluding hydrogens is 304 g/mol. The summed E-state index contributed by atoms with van der Waals surface area (Å²) >= 11 is 0. The molecular formula is C18H26N4O2. The summed E-state index contributed by atoms with van der Waals surface area (Å²) in [6.07, 6.45) is 7.17. The van der Waals surface area contributed by atoms with Gasteiger partial charge in [-0.2, -0.15) is 0 Å². The smallest absolute Gasteiger partial charge is 0.179 e. The van der Waals surface area contributed by atoms with Crippen molar-refractivity contribution in [2.45, 2.75) is 39.3 Å². The van der Waals surface area contributed by atoms with Gasteiger partial charge in [-0.15, -0.1) is 0 Å². The van der Waals surface area contributed by atoms with Gasteiger partial charge in [-0.25, -0.2) is 4.98 Å². The van der Waals surface area contributed by atoms with Crippen molar-refractivity contribution in [3.63, 3.8) is 0 Å². The first-order chi connectivity index (χ1) is 11.7. The number of nitrogens with two attached hydrogens (primary N) is 1. The number of nitrogens with zero attached hydrogens (tertiary/aromatic N) is 2. The number of carbonyl (C=O) groups excluding carboxylic acids is 1. The molecule has 6 nitrogen and oxygen atoms in total. The lowest BCUT2D eigenvalue weighted by molar-refractivity contribution is 0.0940. The van der Waals surface area contributed by atoms with Gasteiger partial charge in [0.1, 0.15) is 5.75 Å². The third-order valence-electron chi connectivity index (χ3n) is 3.86. The lowest BCUT2D eigenvalue weighted by Crippen LogP contribution is -2.37. The number of aryl methyl sites for hydroxylation is 1. The van der Waals surface area contributed by atoms with Crippen LogP contribution in [0.1, 0.15) is 37.0 Å². The maximum Gasteiger partial charge on any atom is 0.179 e. The molecule has 1 atom stereocenters. The van der Waals surface area contributed by atoms with Crippen LogP contribution in [0.4, 0.5) is 5.69 Å². The van der Waals surface area contributed by atoms with E-state index in [1.165, 1.54) is 0 Å². The summed E-state index contributed by atoms with van der Waals surface area (Å²) in [4.78, 5) is 16.7. The third-order valence-corrected chi connectivity index (χ3v) is 3.86. The molecule has 0 spiro atoms. The van der Waals surface area contributed by atoms with Crippen LogP contribution in [0.25, 0.3) is 0 Å². The lowest BCUT2D eigenvalue weighted by atomic mass is 10.0. The Morgan fingerprint density at radius 2 is 2.25 bits per heavy atom. The van der Waals surface area contributed by atoms with Crippen LogP contribution in [0.2, 0.25) is 0 Å². The molecule has 0 bridgehead atoms. The van der Waals surface area contributed by atoms with Gasteiger partial charge in [0.15, 0.2) is 5.78 Å². The maximum absolute atomic E-state index is 12.6. The van der Waals surface area contributed by atoms with Crippen molar-refractivity contribution >= 4 is 11.5 Å². The average molecular weight is 330 g/mol. The molecule has 3 N–H and O–H groups in total. The molecule has 0 amide bonds. The molecule has 1 aromatic carbocycles. The van der Waals surface area contributed by atoms with E-state index in [-0.39, 0.29) is 11.8 Å². The first kappa shape index (κ1) is 18.0. The van der Waals surface area contributed by atoms with Gasteiger partial charge in [-0.05, 0) is 44.5 Å². The zero-order valence-electron chi connectivity index (χ0n) is 14.4. The summed E-state index contributed by atoms with van der Waals surface area (Å²) in [5.41, 5.74) is 7.07. The Balaban J connectivity index is 1.89. The molecule has 0 aliphatic rings. The number of hydrogen-bond acceptors (Lipinski definition) is 5. The van der Waals surface area contributed by atoms with E-state index in [1.807, 2.05) is 24.6 Å². The van der Waals surface area contributed by atoms with Gasteiger partial charge in [-0.1, -0.05) is 6.92 Å². The molecule has 24 heavy (non-hydrogen) atoms. The van der Waals surface area contributed by atoms with E-state index in [1.54, 1.807) is 30.7 Å². The van der Waals surface area contributed by atoms with Gasteiger partial charge in [0.25, 0.3) is 0 Å². The molecule has 2 aromatic rings. The largest absolute Gasteiger partial charge is 0.492 e. The number of nitrogens with one attached hydrogen (secondary N) is 1. The first-order valence-electron chi connectivity index (χ1n) is 8.41. The van der Waals surface area contributed by atoms with Gasteiger partial charge in [0.2, 0.25) is 0 Å². The van der Waals surface area contributed by atoms with E-state index >= 15 is 0 Å². The second kappa shape index (κ2) is 9.08. The van der Waals surface area contributed by atoms with Crippen molar-refractivity contribution in [2.24, 2.45) is 0 Å². The van der Waals surface area contributed by atoms with E-state index in [0.717, 1.165) is 25.9 Å². The van der Waals surface area contributed by atoms with Crippen molar-refractivity contribution in [1.29, 1.82) is 0 Å². The average Bonchev–Trinajstić information content (AvgIpc) is 3.10. The van der Waals surface area contributed by atoms with Crippen LogP contribution in [0.5, 0.6) is 5.75 Å². The number of ether oxygens (including phenoxy) is 1. The predicted molar refractivity (Wildman–Crippen MR) is 95.3 cm³/mol. The minimum atomic E-state index is -0.204. The fourth-order valence-corrected chi connectivity index (χ4v) is 2.57. The molecule has 1 heterocycles. The van der Waals surface area contributed by atoms with Crippen LogP contribution >= 0.6 is 0 Å². The van der Waals surface area contributed by atoms with Crippen LogP contribution in [-0.4, -0.2) is 34.5 Å². The molecule has 1 unspecified atom stereocenters. The quantitative estimate of drug-likeness (QED) is 0.397. The highest BCUT2D eigenvalue weighted by atomic mass is 16.5.